The van der Waals surface area contributed by atoms with E-state index in [4.69, 9.17) is 9.47 Å². The maximum Gasteiger partial charge on any atom is 0.243 e. The smallest absolute Gasteiger partial charge is 0.243 e. The van der Waals surface area contributed by atoms with Crippen LogP contribution in [0.15, 0.2) is 41.3 Å². The van der Waals surface area contributed by atoms with Gasteiger partial charge in [-0.15, -0.1) is 11.3 Å². The number of piperidine rings is 1. The minimum atomic E-state index is -3.69. The summed E-state index contributed by atoms with van der Waals surface area (Å²) >= 11 is 1.58. The number of amides is 1. The Morgan fingerprint density at radius 2 is 1.81 bits per heavy atom. The van der Waals surface area contributed by atoms with Crippen molar-refractivity contribution in [3.63, 3.8) is 0 Å². The number of benzene rings is 2. The third-order valence-electron chi connectivity index (χ3n) is 5.58. The van der Waals surface area contributed by atoms with Crippen molar-refractivity contribution in [2.24, 2.45) is 5.92 Å². The molecule has 1 aliphatic rings. The fourth-order valence-corrected chi connectivity index (χ4v) is 6.20. The van der Waals surface area contributed by atoms with Gasteiger partial charge in [0.2, 0.25) is 15.9 Å². The van der Waals surface area contributed by atoms with Gasteiger partial charge in [-0.2, -0.15) is 4.31 Å². The number of aromatic nitrogens is 1. The van der Waals surface area contributed by atoms with E-state index in [1.807, 2.05) is 25.1 Å². The number of aryl methyl sites for hydroxylation is 1. The number of thiazole rings is 1. The number of anilines is 1. The third kappa shape index (κ3) is 4.43. The molecule has 0 unspecified atom stereocenters. The van der Waals surface area contributed by atoms with Crippen LogP contribution in [0.25, 0.3) is 10.2 Å². The second-order valence-corrected chi connectivity index (χ2v) is 10.8. The van der Waals surface area contributed by atoms with Crippen LogP contribution in [0.3, 0.4) is 0 Å². The molecule has 1 N–H and O–H groups in total. The van der Waals surface area contributed by atoms with Gasteiger partial charge in [0.05, 0.1) is 34.3 Å². The Morgan fingerprint density at radius 3 is 2.50 bits per heavy atom. The summed E-state index contributed by atoms with van der Waals surface area (Å²) in [5, 5.41) is 3.95. The van der Waals surface area contributed by atoms with Crippen LogP contribution in [0.1, 0.15) is 17.8 Å². The Labute approximate surface area is 191 Å². The highest BCUT2D eigenvalue weighted by atomic mass is 32.2. The van der Waals surface area contributed by atoms with Crippen molar-refractivity contribution in [2.45, 2.75) is 24.7 Å². The van der Waals surface area contributed by atoms with Crippen molar-refractivity contribution >= 4 is 43.2 Å². The van der Waals surface area contributed by atoms with Crippen molar-refractivity contribution < 1.29 is 22.7 Å². The summed E-state index contributed by atoms with van der Waals surface area (Å²) < 4.78 is 39.0. The molecule has 3 aromatic rings. The van der Waals surface area contributed by atoms with Gasteiger partial charge >= 0.3 is 0 Å². The fraction of sp³-hybridized carbons (Fsp3) is 0.364. The zero-order chi connectivity index (χ0) is 22.9. The van der Waals surface area contributed by atoms with Crippen LogP contribution < -0.4 is 14.8 Å². The molecule has 1 saturated heterocycles. The molecule has 8 nitrogen and oxygen atoms in total. The van der Waals surface area contributed by atoms with Crippen LogP contribution in [0, 0.1) is 12.8 Å². The second-order valence-electron chi connectivity index (χ2n) is 7.60. The molecule has 0 saturated carbocycles. The SMILES string of the molecule is COc1ccc(S(=O)(=O)N2CCC(C(=O)Nc3ccc4nc(C)sc4c3)CC2)cc1OC. The lowest BCUT2D eigenvalue weighted by Gasteiger charge is -2.30. The molecule has 32 heavy (non-hydrogen) atoms. The van der Waals surface area contributed by atoms with Gasteiger partial charge < -0.3 is 14.8 Å². The van der Waals surface area contributed by atoms with Gasteiger partial charge in [0, 0.05) is 30.8 Å². The number of rotatable bonds is 6. The number of fused-ring (bicyclic) bond motifs is 1. The van der Waals surface area contributed by atoms with E-state index in [-0.39, 0.29) is 29.8 Å². The Kier molecular flexibility index (Phi) is 6.36. The highest BCUT2D eigenvalue weighted by Gasteiger charge is 2.32. The molecule has 0 spiro atoms. The molecule has 1 fully saturated rings. The molecule has 2 heterocycles. The van der Waals surface area contributed by atoms with E-state index in [2.05, 4.69) is 10.3 Å². The largest absolute Gasteiger partial charge is 0.493 e. The van der Waals surface area contributed by atoms with E-state index in [1.165, 1.54) is 30.7 Å². The summed E-state index contributed by atoms with van der Waals surface area (Å²) in [4.78, 5) is 17.3. The van der Waals surface area contributed by atoms with Crippen molar-refractivity contribution in [1.82, 2.24) is 9.29 Å². The lowest BCUT2D eigenvalue weighted by atomic mass is 9.97. The Balaban J connectivity index is 1.41. The number of hydrogen-bond donors (Lipinski definition) is 1. The second kappa shape index (κ2) is 9.05. The zero-order valence-corrected chi connectivity index (χ0v) is 19.8. The first kappa shape index (κ1) is 22.5. The lowest BCUT2D eigenvalue weighted by Crippen LogP contribution is -2.41. The first-order valence-corrected chi connectivity index (χ1v) is 12.5. The number of sulfonamides is 1. The van der Waals surface area contributed by atoms with E-state index in [0.29, 0.717) is 24.3 Å². The van der Waals surface area contributed by atoms with E-state index in [9.17, 15) is 13.2 Å². The van der Waals surface area contributed by atoms with Gasteiger partial charge in [-0.3, -0.25) is 4.79 Å². The number of nitrogens with zero attached hydrogens (tertiary/aromatic N) is 2. The number of ether oxygens (including phenoxy) is 2. The molecular weight excluding hydrogens is 450 g/mol. The maximum absolute atomic E-state index is 13.1. The van der Waals surface area contributed by atoms with Crippen molar-refractivity contribution in [1.29, 1.82) is 0 Å². The normalized spacial score (nSPS) is 15.6. The van der Waals surface area contributed by atoms with Crippen molar-refractivity contribution in [3.8, 4) is 11.5 Å². The van der Waals surface area contributed by atoms with Crippen LogP contribution in [0.5, 0.6) is 11.5 Å². The fourth-order valence-electron chi connectivity index (χ4n) is 3.85. The van der Waals surface area contributed by atoms with E-state index >= 15 is 0 Å². The van der Waals surface area contributed by atoms with Crippen molar-refractivity contribution in [3.05, 3.63) is 41.4 Å². The minimum Gasteiger partial charge on any atom is -0.493 e. The molecule has 10 heteroatoms. The molecule has 1 aromatic heterocycles. The molecule has 1 aliphatic heterocycles. The van der Waals surface area contributed by atoms with Gasteiger partial charge in [-0.05, 0) is 50.1 Å². The highest BCUT2D eigenvalue weighted by Crippen LogP contribution is 2.32. The molecule has 0 bridgehead atoms. The standard InChI is InChI=1S/C22H25N3O5S2/c1-14-23-18-6-4-16(12-21(18)31-14)24-22(26)15-8-10-25(11-9-15)32(27,28)17-5-7-19(29-2)20(13-17)30-3/h4-7,12-13,15H,8-11H2,1-3H3,(H,24,26). The van der Waals surface area contributed by atoms with Gasteiger partial charge in [0.15, 0.2) is 11.5 Å². The number of methoxy groups -OCH3 is 2. The van der Waals surface area contributed by atoms with Crippen LogP contribution in [-0.2, 0) is 14.8 Å². The van der Waals surface area contributed by atoms with Gasteiger partial charge in [0.1, 0.15) is 0 Å². The van der Waals surface area contributed by atoms with Crippen LogP contribution in [0.4, 0.5) is 5.69 Å². The first-order valence-electron chi connectivity index (χ1n) is 10.2. The summed E-state index contributed by atoms with van der Waals surface area (Å²) in [6.45, 7) is 2.51. The third-order valence-corrected chi connectivity index (χ3v) is 8.41. The van der Waals surface area contributed by atoms with Crippen LogP contribution in [-0.4, -0.2) is 50.9 Å². The molecule has 170 valence electrons. The number of nitrogens with one attached hydrogen (secondary N) is 1. The number of carbonyl (C=O) groups excluding carboxylic acids is 1. The Bertz CT molecular complexity index is 1250. The predicted octanol–water partition coefficient (Wildman–Crippen LogP) is 3.66. The number of hydrogen-bond acceptors (Lipinski definition) is 7. The summed E-state index contributed by atoms with van der Waals surface area (Å²) in [5.41, 5.74) is 1.64. The molecule has 0 radical (unpaired) electrons. The Morgan fingerprint density at radius 1 is 1.09 bits per heavy atom. The monoisotopic (exact) mass is 475 g/mol. The van der Waals surface area contributed by atoms with Crippen molar-refractivity contribution in [2.75, 3.05) is 32.6 Å². The molecule has 1 amide bonds. The maximum atomic E-state index is 13.1. The first-order chi connectivity index (χ1) is 15.3. The average molecular weight is 476 g/mol. The van der Waals surface area contributed by atoms with E-state index in [0.717, 1.165) is 20.9 Å². The molecule has 0 atom stereocenters. The van der Waals surface area contributed by atoms with Crippen LogP contribution in [0.2, 0.25) is 0 Å². The molecule has 4 rings (SSSR count). The zero-order valence-electron chi connectivity index (χ0n) is 18.1. The lowest BCUT2D eigenvalue weighted by molar-refractivity contribution is -0.120. The Hall–Kier alpha value is -2.69. The van der Waals surface area contributed by atoms with Gasteiger partial charge in [0.25, 0.3) is 0 Å². The van der Waals surface area contributed by atoms with Gasteiger partial charge in [-0.25, -0.2) is 13.4 Å². The van der Waals surface area contributed by atoms with E-state index < -0.39 is 10.0 Å². The van der Waals surface area contributed by atoms with E-state index in [1.54, 1.807) is 17.4 Å². The summed E-state index contributed by atoms with van der Waals surface area (Å²) in [7, 11) is -0.726. The summed E-state index contributed by atoms with van der Waals surface area (Å²) in [5.74, 6) is 0.490. The molecular formula is C22H25N3O5S2. The molecule has 2 aromatic carbocycles. The van der Waals surface area contributed by atoms with Gasteiger partial charge in [-0.1, -0.05) is 0 Å². The quantitative estimate of drug-likeness (QED) is 0.584. The summed E-state index contributed by atoms with van der Waals surface area (Å²) in [6.07, 6.45) is 0.917. The average Bonchev–Trinajstić information content (AvgIpc) is 3.17. The van der Waals surface area contributed by atoms with Crippen LogP contribution >= 0.6 is 11.3 Å². The summed E-state index contributed by atoms with van der Waals surface area (Å²) in [6, 6.07) is 10.2. The topological polar surface area (TPSA) is 97.8 Å². The predicted molar refractivity (Wildman–Crippen MR) is 124 cm³/mol. The minimum absolute atomic E-state index is 0.0891. The molecule has 0 aliphatic carbocycles. The number of carbonyl (C=O) groups is 1. The highest BCUT2D eigenvalue weighted by molar-refractivity contribution is 7.89.